The summed E-state index contributed by atoms with van der Waals surface area (Å²) in [6.45, 7) is 5.31. The number of fused-ring (bicyclic) bond motifs is 1. The van der Waals surface area contributed by atoms with E-state index in [0.717, 1.165) is 37.4 Å². The van der Waals surface area contributed by atoms with Crippen molar-refractivity contribution in [2.45, 2.75) is 32.8 Å². The van der Waals surface area contributed by atoms with Crippen molar-refractivity contribution in [3.63, 3.8) is 0 Å². The standard InChI is InChI=1S/C19H22N4O2/c1-12-17(4-3-7-20-12)25-18-6-5-14-10-23(11-16(14)18)19(24)15-8-21-13(2)22-9-15/h3-4,7-9,14,16,18H,5-6,10-11H2,1-2H3/t14-,16+,18-/m1/s1. The number of likely N-dealkylation sites (tertiary alicyclic amines) is 1. The van der Waals surface area contributed by atoms with Crippen molar-refractivity contribution < 1.29 is 9.53 Å². The Kier molecular flexibility index (Phi) is 4.11. The largest absolute Gasteiger partial charge is 0.488 e. The summed E-state index contributed by atoms with van der Waals surface area (Å²) in [5.41, 5.74) is 1.47. The summed E-state index contributed by atoms with van der Waals surface area (Å²) in [6, 6.07) is 3.87. The SMILES string of the molecule is Cc1ncc(C(=O)N2C[C@H]3CC[C@@H](Oc4cccnc4C)[C@H]3C2)cn1. The second kappa shape index (κ2) is 6.43. The molecule has 130 valence electrons. The number of ether oxygens (including phenoxy) is 1. The van der Waals surface area contributed by atoms with Gasteiger partial charge in [-0.25, -0.2) is 9.97 Å². The number of rotatable bonds is 3. The van der Waals surface area contributed by atoms with Gasteiger partial charge in [-0.1, -0.05) is 0 Å². The molecule has 3 heterocycles. The van der Waals surface area contributed by atoms with Crippen LogP contribution in [0, 0.1) is 25.7 Å². The number of carbonyl (C=O) groups is 1. The topological polar surface area (TPSA) is 68.2 Å². The number of nitrogens with zero attached hydrogens (tertiary/aromatic N) is 4. The Hall–Kier alpha value is -2.50. The molecule has 0 bridgehead atoms. The van der Waals surface area contributed by atoms with Gasteiger partial charge < -0.3 is 9.64 Å². The first-order valence-electron chi connectivity index (χ1n) is 8.78. The van der Waals surface area contributed by atoms with Gasteiger partial charge in [0, 0.05) is 37.6 Å². The van der Waals surface area contributed by atoms with Crippen LogP contribution in [-0.2, 0) is 0 Å². The summed E-state index contributed by atoms with van der Waals surface area (Å²) in [4.78, 5) is 27.2. The molecule has 0 N–H and O–H groups in total. The van der Waals surface area contributed by atoms with Crippen LogP contribution in [0.15, 0.2) is 30.7 Å². The third-order valence-corrected chi connectivity index (χ3v) is 5.34. The van der Waals surface area contributed by atoms with Crippen LogP contribution in [0.3, 0.4) is 0 Å². The highest BCUT2D eigenvalue weighted by Crippen LogP contribution is 2.40. The van der Waals surface area contributed by atoms with E-state index in [0.29, 0.717) is 23.2 Å². The van der Waals surface area contributed by atoms with Crippen LogP contribution in [0.1, 0.15) is 34.7 Å². The molecule has 4 rings (SSSR count). The number of aryl methyl sites for hydroxylation is 2. The molecule has 0 spiro atoms. The Morgan fingerprint density at radius 1 is 1.16 bits per heavy atom. The summed E-state index contributed by atoms with van der Waals surface area (Å²) in [5.74, 6) is 2.44. The summed E-state index contributed by atoms with van der Waals surface area (Å²) in [7, 11) is 0. The number of hydrogen-bond acceptors (Lipinski definition) is 5. The van der Waals surface area contributed by atoms with E-state index in [9.17, 15) is 4.79 Å². The van der Waals surface area contributed by atoms with E-state index in [4.69, 9.17) is 4.74 Å². The van der Waals surface area contributed by atoms with Crippen LogP contribution in [0.25, 0.3) is 0 Å². The van der Waals surface area contributed by atoms with Gasteiger partial charge in [-0.3, -0.25) is 9.78 Å². The zero-order valence-corrected chi connectivity index (χ0v) is 14.6. The van der Waals surface area contributed by atoms with Crippen molar-refractivity contribution in [1.82, 2.24) is 19.9 Å². The molecular formula is C19H22N4O2. The highest BCUT2D eigenvalue weighted by atomic mass is 16.5. The van der Waals surface area contributed by atoms with E-state index in [1.807, 2.05) is 30.9 Å². The second-order valence-electron chi connectivity index (χ2n) is 6.97. The summed E-state index contributed by atoms with van der Waals surface area (Å²) in [6.07, 6.45) is 7.30. The van der Waals surface area contributed by atoms with Gasteiger partial charge in [-0.2, -0.15) is 0 Å². The van der Waals surface area contributed by atoms with Gasteiger partial charge in [0.2, 0.25) is 0 Å². The average molecular weight is 338 g/mol. The Balaban J connectivity index is 1.45. The van der Waals surface area contributed by atoms with Crippen molar-refractivity contribution in [3.05, 3.63) is 47.8 Å². The molecule has 2 aliphatic rings. The number of aromatic nitrogens is 3. The van der Waals surface area contributed by atoms with Crippen LogP contribution < -0.4 is 4.74 Å². The Labute approximate surface area is 147 Å². The lowest BCUT2D eigenvalue weighted by Crippen LogP contribution is -2.32. The number of carbonyl (C=O) groups excluding carboxylic acids is 1. The van der Waals surface area contributed by atoms with Crippen LogP contribution >= 0.6 is 0 Å². The molecule has 2 fully saturated rings. The molecule has 2 aromatic rings. The van der Waals surface area contributed by atoms with E-state index in [1.165, 1.54) is 0 Å². The number of hydrogen-bond donors (Lipinski definition) is 0. The fourth-order valence-electron chi connectivity index (χ4n) is 3.97. The molecule has 6 nitrogen and oxygen atoms in total. The molecule has 25 heavy (non-hydrogen) atoms. The number of pyridine rings is 1. The minimum atomic E-state index is 0.0192. The Bertz CT molecular complexity index is 777. The van der Waals surface area contributed by atoms with E-state index < -0.39 is 0 Å². The molecule has 1 amide bonds. The van der Waals surface area contributed by atoms with E-state index >= 15 is 0 Å². The Morgan fingerprint density at radius 3 is 2.72 bits per heavy atom. The van der Waals surface area contributed by atoms with Crippen LogP contribution in [0.5, 0.6) is 5.75 Å². The molecule has 3 atom stereocenters. The third-order valence-electron chi connectivity index (χ3n) is 5.34. The van der Waals surface area contributed by atoms with Gasteiger partial charge in [-0.15, -0.1) is 0 Å². The van der Waals surface area contributed by atoms with Gasteiger partial charge in [0.05, 0.1) is 11.3 Å². The van der Waals surface area contributed by atoms with Gasteiger partial charge in [0.25, 0.3) is 5.91 Å². The quantitative estimate of drug-likeness (QED) is 0.860. The van der Waals surface area contributed by atoms with Crippen LogP contribution in [0.2, 0.25) is 0 Å². The molecule has 0 unspecified atom stereocenters. The smallest absolute Gasteiger partial charge is 0.257 e. The predicted molar refractivity (Wildman–Crippen MR) is 92.3 cm³/mol. The average Bonchev–Trinajstić information content (AvgIpc) is 3.19. The molecule has 6 heteroatoms. The van der Waals surface area contributed by atoms with Gasteiger partial charge in [0.15, 0.2) is 0 Å². The van der Waals surface area contributed by atoms with Gasteiger partial charge in [0.1, 0.15) is 17.7 Å². The van der Waals surface area contributed by atoms with Crippen molar-refractivity contribution in [2.75, 3.05) is 13.1 Å². The molecule has 1 saturated carbocycles. The lowest BCUT2D eigenvalue weighted by atomic mass is 9.99. The van der Waals surface area contributed by atoms with Crippen molar-refractivity contribution >= 4 is 5.91 Å². The molecule has 1 aliphatic heterocycles. The van der Waals surface area contributed by atoms with Crippen molar-refractivity contribution in [3.8, 4) is 5.75 Å². The first kappa shape index (κ1) is 16.0. The van der Waals surface area contributed by atoms with E-state index in [2.05, 4.69) is 15.0 Å². The summed E-state index contributed by atoms with van der Waals surface area (Å²) < 4.78 is 6.24. The normalized spacial score (nSPS) is 25.0. The molecule has 0 aromatic carbocycles. The monoisotopic (exact) mass is 338 g/mol. The highest BCUT2D eigenvalue weighted by Gasteiger charge is 2.45. The first-order chi connectivity index (χ1) is 12.1. The highest BCUT2D eigenvalue weighted by molar-refractivity contribution is 5.93. The van der Waals surface area contributed by atoms with Crippen molar-refractivity contribution in [1.29, 1.82) is 0 Å². The molecule has 1 aliphatic carbocycles. The fourth-order valence-corrected chi connectivity index (χ4v) is 3.97. The maximum atomic E-state index is 12.7. The second-order valence-corrected chi connectivity index (χ2v) is 6.97. The lowest BCUT2D eigenvalue weighted by molar-refractivity contribution is 0.0761. The van der Waals surface area contributed by atoms with E-state index in [1.54, 1.807) is 18.6 Å². The molecule has 2 aromatic heterocycles. The minimum Gasteiger partial charge on any atom is -0.488 e. The zero-order valence-electron chi connectivity index (χ0n) is 14.6. The van der Waals surface area contributed by atoms with Crippen LogP contribution in [0.4, 0.5) is 0 Å². The fraction of sp³-hybridized carbons (Fsp3) is 0.474. The number of amides is 1. The van der Waals surface area contributed by atoms with Gasteiger partial charge >= 0.3 is 0 Å². The summed E-state index contributed by atoms with van der Waals surface area (Å²) in [5, 5.41) is 0. The third kappa shape index (κ3) is 3.08. The maximum absolute atomic E-state index is 12.7. The van der Waals surface area contributed by atoms with Crippen LogP contribution in [-0.4, -0.2) is 45.0 Å². The predicted octanol–water partition coefficient (Wildman–Crippen LogP) is 2.42. The molecular weight excluding hydrogens is 316 g/mol. The minimum absolute atomic E-state index is 0.0192. The van der Waals surface area contributed by atoms with E-state index in [-0.39, 0.29) is 12.0 Å². The maximum Gasteiger partial charge on any atom is 0.257 e. The molecule has 1 saturated heterocycles. The van der Waals surface area contributed by atoms with Crippen molar-refractivity contribution in [2.24, 2.45) is 11.8 Å². The van der Waals surface area contributed by atoms with Gasteiger partial charge in [-0.05, 0) is 44.7 Å². The lowest BCUT2D eigenvalue weighted by Gasteiger charge is -2.22. The first-order valence-corrected chi connectivity index (χ1v) is 8.78. The zero-order chi connectivity index (χ0) is 17.4. The molecule has 0 radical (unpaired) electrons. The summed E-state index contributed by atoms with van der Waals surface area (Å²) >= 11 is 0. The Morgan fingerprint density at radius 2 is 1.96 bits per heavy atom.